The number of amides is 1. The molecule has 23 heavy (non-hydrogen) atoms. The van der Waals surface area contributed by atoms with Crippen LogP contribution in [0.2, 0.25) is 0 Å². The summed E-state index contributed by atoms with van der Waals surface area (Å²) in [6.07, 6.45) is 0. The van der Waals surface area contributed by atoms with E-state index in [9.17, 15) is 9.90 Å². The first-order valence-electron chi connectivity index (χ1n) is 7.46. The quantitative estimate of drug-likeness (QED) is 0.861. The topological polar surface area (TPSA) is 58.6 Å². The highest BCUT2D eigenvalue weighted by Gasteiger charge is 2.12. The zero-order valence-electron chi connectivity index (χ0n) is 13.6. The number of phenolic OH excluding ortho intramolecular Hbond substituents is 1. The number of anilines is 1. The fourth-order valence-corrected chi connectivity index (χ4v) is 2.17. The van der Waals surface area contributed by atoms with Gasteiger partial charge in [0.25, 0.3) is 5.91 Å². The Balaban J connectivity index is 2.32. The third kappa shape index (κ3) is 3.92. The lowest BCUT2D eigenvalue weighted by atomic mass is 10.1. The van der Waals surface area contributed by atoms with Gasteiger partial charge in [0.1, 0.15) is 11.5 Å². The molecule has 0 aliphatic heterocycles. The van der Waals surface area contributed by atoms with Crippen molar-refractivity contribution >= 4 is 17.2 Å². The largest absolute Gasteiger partial charge is 0.508 e. The molecule has 2 aromatic carbocycles. The Morgan fingerprint density at radius 2 is 1.91 bits per heavy atom. The van der Waals surface area contributed by atoms with E-state index in [1.807, 2.05) is 32.0 Å². The molecule has 0 unspecified atom stereocenters. The van der Waals surface area contributed by atoms with E-state index in [-0.39, 0.29) is 11.7 Å². The lowest BCUT2D eigenvalue weighted by Gasteiger charge is -2.14. The van der Waals surface area contributed by atoms with E-state index in [0.29, 0.717) is 29.2 Å². The molecule has 2 rings (SSSR count). The van der Waals surface area contributed by atoms with Crippen LogP contribution in [0.25, 0.3) is 5.57 Å². The minimum Gasteiger partial charge on any atom is -0.508 e. The van der Waals surface area contributed by atoms with E-state index in [1.54, 1.807) is 19.1 Å². The molecule has 0 heterocycles. The third-order valence-electron chi connectivity index (χ3n) is 3.48. The van der Waals surface area contributed by atoms with Crippen molar-refractivity contribution in [1.82, 2.24) is 0 Å². The summed E-state index contributed by atoms with van der Waals surface area (Å²) in [5, 5.41) is 12.4. The van der Waals surface area contributed by atoms with Crippen LogP contribution in [0.4, 0.5) is 5.69 Å². The number of carbonyl (C=O) groups excluding carboxylic acids is 1. The summed E-state index contributed by atoms with van der Waals surface area (Å²) in [5.74, 6) is 0.523. The molecule has 0 aliphatic rings. The van der Waals surface area contributed by atoms with Crippen LogP contribution in [-0.4, -0.2) is 17.6 Å². The molecule has 120 valence electrons. The standard InChI is InChI=1S/C19H21NO3/c1-5-23-18-9-7-14(12(2)3)11-16(18)20-19(22)15-6-8-17(21)13(4)10-15/h6-11,21H,2,5H2,1,3-4H3,(H,20,22). The molecule has 0 saturated carbocycles. The van der Waals surface area contributed by atoms with Gasteiger partial charge in [-0.3, -0.25) is 4.79 Å². The predicted molar refractivity (Wildman–Crippen MR) is 93.1 cm³/mol. The second kappa shape index (κ2) is 7.01. The maximum atomic E-state index is 12.4. The molecular formula is C19H21NO3. The van der Waals surface area contributed by atoms with E-state index in [4.69, 9.17) is 4.74 Å². The van der Waals surface area contributed by atoms with E-state index >= 15 is 0 Å². The Bertz CT molecular complexity index is 750. The maximum absolute atomic E-state index is 12.4. The lowest BCUT2D eigenvalue weighted by Crippen LogP contribution is -2.13. The monoisotopic (exact) mass is 311 g/mol. The van der Waals surface area contributed by atoms with Gasteiger partial charge in [-0.1, -0.05) is 18.2 Å². The summed E-state index contributed by atoms with van der Waals surface area (Å²) in [4.78, 5) is 12.4. The number of allylic oxidation sites excluding steroid dienone is 1. The van der Waals surface area contributed by atoms with E-state index in [1.165, 1.54) is 6.07 Å². The molecule has 0 radical (unpaired) electrons. The molecular weight excluding hydrogens is 290 g/mol. The SMILES string of the molecule is C=C(C)c1ccc(OCC)c(NC(=O)c2ccc(O)c(C)c2)c1. The van der Waals surface area contributed by atoms with Crippen molar-refractivity contribution in [3.8, 4) is 11.5 Å². The van der Waals surface area contributed by atoms with Gasteiger partial charge < -0.3 is 15.2 Å². The third-order valence-corrected chi connectivity index (χ3v) is 3.48. The molecule has 1 amide bonds. The molecule has 0 fully saturated rings. The summed E-state index contributed by atoms with van der Waals surface area (Å²) in [7, 11) is 0. The Hall–Kier alpha value is -2.75. The van der Waals surface area contributed by atoms with Crippen molar-refractivity contribution in [3.05, 3.63) is 59.7 Å². The molecule has 2 N–H and O–H groups in total. The van der Waals surface area contributed by atoms with Crippen LogP contribution in [0.5, 0.6) is 11.5 Å². The maximum Gasteiger partial charge on any atom is 0.255 e. The van der Waals surface area contributed by atoms with Crippen LogP contribution in [0.15, 0.2) is 43.0 Å². The molecule has 0 aliphatic carbocycles. The molecule has 4 heteroatoms. The number of hydrogen-bond acceptors (Lipinski definition) is 3. The molecule has 0 atom stereocenters. The molecule has 4 nitrogen and oxygen atoms in total. The highest BCUT2D eigenvalue weighted by Crippen LogP contribution is 2.29. The Morgan fingerprint density at radius 1 is 1.22 bits per heavy atom. The summed E-state index contributed by atoms with van der Waals surface area (Å²) in [6.45, 7) is 9.97. The molecule has 0 bridgehead atoms. The Morgan fingerprint density at radius 3 is 2.52 bits per heavy atom. The molecule has 0 saturated heterocycles. The number of nitrogens with one attached hydrogen (secondary N) is 1. The number of aryl methyl sites for hydroxylation is 1. The predicted octanol–water partition coefficient (Wildman–Crippen LogP) is 4.38. The smallest absolute Gasteiger partial charge is 0.255 e. The highest BCUT2D eigenvalue weighted by molar-refractivity contribution is 6.05. The van der Waals surface area contributed by atoms with Crippen molar-refractivity contribution in [2.45, 2.75) is 20.8 Å². The second-order valence-electron chi connectivity index (χ2n) is 5.38. The normalized spacial score (nSPS) is 10.2. The minimum absolute atomic E-state index is 0.167. The number of carbonyl (C=O) groups is 1. The zero-order chi connectivity index (χ0) is 17.0. The van der Waals surface area contributed by atoms with Gasteiger partial charge in [0.15, 0.2) is 0 Å². The summed E-state index contributed by atoms with van der Waals surface area (Å²) in [5.41, 5.74) is 3.57. The van der Waals surface area contributed by atoms with Crippen molar-refractivity contribution in [1.29, 1.82) is 0 Å². The highest BCUT2D eigenvalue weighted by atomic mass is 16.5. The molecule has 0 spiro atoms. The van der Waals surface area contributed by atoms with Gasteiger partial charge in [-0.2, -0.15) is 0 Å². The van der Waals surface area contributed by atoms with Crippen molar-refractivity contribution in [2.75, 3.05) is 11.9 Å². The Kier molecular flexibility index (Phi) is 5.06. The van der Waals surface area contributed by atoms with Gasteiger partial charge in [0, 0.05) is 5.56 Å². The fraction of sp³-hybridized carbons (Fsp3) is 0.211. The van der Waals surface area contributed by atoms with Crippen LogP contribution < -0.4 is 10.1 Å². The summed E-state index contributed by atoms with van der Waals surface area (Å²) in [6, 6.07) is 10.3. The average molecular weight is 311 g/mol. The zero-order valence-corrected chi connectivity index (χ0v) is 13.6. The van der Waals surface area contributed by atoms with Gasteiger partial charge in [-0.15, -0.1) is 0 Å². The second-order valence-corrected chi connectivity index (χ2v) is 5.38. The average Bonchev–Trinajstić information content (AvgIpc) is 2.51. The number of hydrogen-bond donors (Lipinski definition) is 2. The van der Waals surface area contributed by atoms with Crippen LogP contribution >= 0.6 is 0 Å². The number of aromatic hydroxyl groups is 1. The van der Waals surface area contributed by atoms with Crippen molar-refractivity contribution in [3.63, 3.8) is 0 Å². The first-order chi connectivity index (χ1) is 10.9. The number of ether oxygens (including phenoxy) is 1. The fourth-order valence-electron chi connectivity index (χ4n) is 2.17. The van der Waals surface area contributed by atoms with Crippen LogP contribution in [0.1, 0.15) is 35.3 Å². The van der Waals surface area contributed by atoms with Crippen LogP contribution in [0.3, 0.4) is 0 Å². The number of benzene rings is 2. The number of rotatable bonds is 5. The first-order valence-corrected chi connectivity index (χ1v) is 7.46. The summed E-state index contributed by atoms with van der Waals surface area (Å²) < 4.78 is 5.57. The number of phenols is 1. The lowest BCUT2D eigenvalue weighted by molar-refractivity contribution is 0.102. The van der Waals surface area contributed by atoms with Gasteiger partial charge >= 0.3 is 0 Å². The van der Waals surface area contributed by atoms with Gasteiger partial charge in [0.2, 0.25) is 0 Å². The van der Waals surface area contributed by atoms with E-state index in [2.05, 4.69) is 11.9 Å². The Labute approximate surface area is 136 Å². The molecule has 0 aromatic heterocycles. The van der Waals surface area contributed by atoms with Crippen LogP contribution in [0, 0.1) is 6.92 Å². The minimum atomic E-state index is -0.257. The van der Waals surface area contributed by atoms with Crippen molar-refractivity contribution < 1.29 is 14.6 Å². The van der Waals surface area contributed by atoms with E-state index in [0.717, 1.165) is 11.1 Å². The van der Waals surface area contributed by atoms with E-state index < -0.39 is 0 Å². The van der Waals surface area contributed by atoms with Gasteiger partial charge in [0.05, 0.1) is 12.3 Å². The summed E-state index contributed by atoms with van der Waals surface area (Å²) >= 11 is 0. The van der Waals surface area contributed by atoms with Gasteiger partial charge in [-0.05, 0) is 62.2 Å². The van der Waals surface area contributed by atoms with Crippen molar-refractivity contribution in [2.24, 2.45) is 0 Å². The van der Waals surface area contributed by atoms with Gasteiger partial charge in [-0.25, -0.2) is 0 Å². The van der Waals surface area contributed by atoms with Crippen LogP contribution in [-0.2, 0) is 0 Å². The first kappa shape index (κ1) is 16.6. The molecule has 2 aromatic rings.